The maximum Gasteiger partial charge on any atom is 0.233 e. The molecule has 0 bridgehead atoms. The van der Waals surface area contributed by atoms with Crippen LogP contribution in [0.3, 0.4) is 0 Å². The van der Waals surface area contributed by atoms with Crippen molar-refractivity contribution in [2.24, 2.45) is 0 Å². The highest BCUT2D eigenvalue weighted by atomic mass is 32.2. The number of carbonyl (C=O) groups is 1. The average molecular weight is 375 g/mol. The molecule has 2 N–H and O–H groups in total. The van der Waals surface area contributed by atoms with Crippen LogP contribution in [0.5, 0.6) is 0 Å². The molecule has 1 unspecified atom stereocenters. The highest BCUT2D eigenvalue weighted by molar-refractivity contribution is 7.99. The van der Waals surface area contributed by atoms with Gasteiger partial charge in [0.25, 0.3) is 0 Å². The molecule has 7 nitrogen and oxygen atoms in total. The molecule has 0 radical (unpaired) electrons. The largest absolute Gasteiger partial charge is 0.461 e. The van der Waals surface area contributed by atoms with E-state index < -0.39 is 0 Å². The van der Waals surface area contributed by atoms with E-state index in [1.54, 1.807) is 29.7 Å². The van der Waals surface area contributed by atoms with E-state index in [-0.39, 0.29) is 17.7 Å². The standard InChI is InChI=1S/C16H17N5O2S2/c17-21-15(12-5-2-8-23-12)18-19-16(21)25-10-14(22)20-7-1-4-11(20)13-6-3-9-24-13/h2-3,5-6,8-9,11H,1,4,7,10,17H2. The van der Waals surface area contributed by atoms with Gasteiger partial charge in [-0.15, -0.1) is 21.5 Å². The summed E-state index contributed by atoms with van der Waals surface area (Å²) < 4.78 is 6.65. The molecule has 0 aromatic carbocycles. The smallest absolute Gasteiger partial charge is 0.233 e. The lowest BCUT2D eigenvalue weighted by Gasteiger charge is -2.23. The van der Waals surface area contributed by atoms with Crippen LogP contribution in [-0.4, -0.2) is 38.0 Å². The van der Waals surface area contributed by atoms with Gasteiger partial charge in [-0.25, -0.2) is 4.68 Å². The lowest BCUT2D eigenvalue weighted by Crippen LogP contribution is -2.31. The van der Waals surface area contributed by atoms with Crippen molar-refractivity contribution >= 4 is 29.0 Å². The van der Waals surface area contributed by atoms with Crippen LogP contribution in [0.1, 0.15) is 23.8 Å². The molecule has 1 amide bonds. The second-order valence-corrected chi connectivity index (χ2v) is 7.62. The third kappa shape index (κ3) is 3.16. The molecule has 1 saturated heterocycles. The number of rotatable bonds is 5. The Kier molecular flexibility index (Phi) is 4.50. The van der Waals surface area contributed by atoms with E-state index in [9.17, 15) is 4.79 Å². The Morgan fingerprint density at radius 3 is 3.08 bits per heavy atom. The lowest BCUT2D eigenvalue weighted by molar-refractivity contribution is -0.129. The Morgan fingerprint density at radius 2 is 2.32 bits per heavy atom. The van der Waals surface area contributed by atoms with Gasteiger partial charge < -0.3 is 15.2 Å². The number of furan rings is 1. The Bertz CT molecular complexity index is 844. The molecule has 9 heteroatoms. The van der Waals surface area contributed by atoms with Crippen LogP contribution in [0.2, 0.25) is 0 Å². The Labute approximate surface area is 152 Å². The molecule has 25 heavy (non-hydrogen) atoms. The van der Waals surface area contributed by atoms with Crippen LogP contribution in [0, 0.1) is 0 Å². The first-order valence-corrected chi connectivity index (χ1v) is 9.80. The summed E-state index contributed by atoms with van der Waals surface area (Å²) in [5.41, 5.74) is 0. The first kappa shape index (κ1) is 16.2. The third-order valence-electron chi connectivity index (χ3n) is 4.18. The number of amides is 1. The lowest BCUT2D eigenvalue weighted by atomic mass is 10.2. The molecule has 1 atom stereocenters. The van der Waals surface area contributed by atoms with E-state index in [4.69, 9.17) is 10.3 Å². The SMILES string of the molecule is Nn1c(SCC(=O)N2CCCC2c2cccs2)nnc1-c1ccco1. The summed E-state index contributed by atoms with van der Waals surface area (Å²) in [5, 5.41) is 10.6. The van der Waals surface area contributed by atoms with Crippen molar-refractivity contribution in [2.75, 3.05) is 18.1 Å². The Hall–Kier alpha value is -2.26. The fourth-order valence-electron chi connectivity index (χ4n) is 3.00. The maximum atomic E-state index is 12.7. The third-order valence-corrected chi connectivity index (χ3v) is 6.08. The number of thioether (sulfide) groups is 1. The minimum Gasteiger partial charge on any atom is -0.461 e. The molecule has 4 rings (SSSR count). The van der Waals surface area contributed by atoms with Gasteiger partial charge >= 0.3 is 0 Å². The van der Waals surface area contributed by atoms with Gasteiger partial charge in [-0.1, -0.05) is 17.8 Å². The Morgan fingerprint density at radius 1 is 1.40 bits per heavy atom. The van der Waals surface area contributed by atoms with E-state index in [1.807, 2.05) is 11.0 Å². The van der Waals surface area contributed by atoms with Gasteiger partial charge in [0.05, 0.1) is 18.1 Å². The average Bonchev–Trinajstić information content (AvgIpc) is 3.38. The zero-order chi connectivity index (χ0) is 17.2. The number of aromatic nitrogens is 3. The van der Waals surface area contributed by atoms with Crippen molar-refractivity contribution in [3.05, 3.63) is 40.8 Å². The monoisotopic (exact) mass is 375 g/mol. The number of carbonyl (C=O) groups excluding carboxylic acids is 1. The number of thiophene rings is 1. The zero-order valence-corrected chi connectivity index (χ0v) is 15.0. The normalized spacial score (nSPS) is 17.3. The van der Waals surface area contributed by atoms with Gasteiger partial charge in [0.15, 0.2) is 5.76 Å². The first-order valence-electron chi connectivity index (χ1n) is 7.94. The summed E-state index contributed by atoms with van der Waals surface area (Å²) in [5.74, 6) is 7.40. The fraction of sp³-hybridized carbons (Fsp3) is 0.312. The maximum absolute atomic E-state index is 12.7. The molecule has 130 valence electrons. The van der Waals surface area contributed by atoms with Crippen LogP contribution in [0.4, 0.5) is 0 Å². The minimum absolute atomic E-state index is 0.100. The number of nitrogen functional groups attached to an aromatic ring is 1. The minimum atomic E-state index is 0.100. The summed E-state index contributed by atoms with van der Waals surface area (Å²) in [6.07, 6.45) is 3.61. The summed E-state index contributed by atoms with van der Waals surface area (Å²) in [7, 11) is 0. The number of nitrogens with zero attached hydrogens (tertiary/aromatic N) is 4. The summed E-state index contributed by atoms with van der Waals surface area (Å²) in [6, 6.07) is 7.85. The van der Waals surface area contributed by atoms with E-state index in [0.29, 0.717) is 16.7 Å². The van der Waals surface area contributed by atoms with Gasteiger partial charge in [-0.3, -0.25) is 4.79 Å². The number of hydrogen-bond acceptors (Lipinski definition) is 7. The number of likely N-dealkylation sites (tertiary alicyclic amines) is 1. The van der Waals surface area contributed by atoms with E-state index in [0.717, 1.165) is 19.4 Å². The van der Waals surface area contributed by atoms with Crippen molar-refractivity contribution < 1.29 is 9.21 Å². The highest BCUT2D eigenvalue weighted by Gasteiger charge is 2.30. The summed E-state index contributed by atoms with van der Waals surface area (Å²) >= 11 is 3.00. The zero-order valence-electron chi connectivity index (χ0n) is 13.4. The molecule has 1 aliphatic heterocycles. The van der Waals surface area contributed by atoms with Crippen LogP contribution in [0.25, 0.3) is 11.6 Å². The van der Waals surface area contributed by atoms with Gasteiger partial charge in [0, 0.05) is 11.4 Å². The van der Waals surface area contributed by atoms with Gasteiger partial charge in [0.1, 0.15) is 0 Å². The van der Waals surface area contributed by atoms with Crippen LogP contribution in [0.15, 0.2) is 45.5 Å². The molecule has 4 heterocycles. The van der Waals surface area contributed by atoms with Crippen LogP contribution in [-0.2, 0) is 4.79 Å². The molecule has 1 fully saturated rings. The highest BCUT2D eigenvalue weighted by Crippen LogP contribution is 2.35. The molecule has 0 spiro atoms. The number of nitrogens with two attached hydrogens (primary N) is 1. The topological polar surface area (TPSA) is 90.2 Å². The summed E-state index contributed by atoms with van der Waals surface area (Å²) in [4.78, 5) is 15.9. The molecule has 3 aromatic rings. The Balaban J connectivity index is 1.42. The van der Waals surface area contributed by atoms with Crippen LogP contribution >= 0.6 is 23.1 Å². The molecular formula is C16H17N5O2S2. The summed E-state index contributed by atoms with van der Waals surface area (Å²) in [6.45, 7) is 0.801. The van der Waals surface area contributed by atoms with Crippen molar-refractivity contribution in [2.45, 2.75) is 24.0 Å². The number of hydrogen-bond donors (Lipinski definition) is 1. The van der Waals surface area contributed by atoms with Crippen molar-refractivity contribution in [3.63, 3.8) is 0 Å². The van der Waals surface area contributed by atoms with Crippen molar-refractivity contribution in [3.8, 4) is 11.6 Å². The molecular weight excluding hydrogens is 358 g/mol. The van der Waals surface area contributed by atoms with E-state index in [2.05, 4.69) is 21.6 Å². The predicted molar refractivity (Wildman–Crippen MR) is 96.6 cm³/mol. The fourth-order valence-corrected chi connectivity index (χ4v) is 4.62. The second kappa shape index (κ2) is 6.93. The van der Waals surface area contributed by atoms with Gasteiger partial charge in [0.2, 0.25) is 16.9 Å². The molecule has 1 aliphatic rings. The van der Waals surface area contributed by atoms with Crippen molar-refractivity contribution in [1.29, 1.82) is 0 Å². The van der Waals surface area contributed by atoms with Crippen LogP contribution < -0.4 is 5.84 Å². The van der Waals surface area contributed by atoms with E-state index in [1.165, 1.54) is 21.3 Å². The molecule has 0 saturated carbocycles. The quantitative estimate of drug-likeness (QED) is 0.545. The first-order chi connectivity index (χ1) is 12.2. The van der Waals surface area contributed by atoms with E-state index >= 15 is 0 Å². The molecule has 0 aliphatic carbocycles. The van der Waals surface area contributed by atoms with Crippen molar-refractivity contribution in [1.82, 2.24) is 19.8 Å². The molecule has 3 aromatic heterocycles. The van der Waals surface area contributed by atoms with Gasteiger partial charge in [-0.2, -0.15) is 0 Å². The van der Waals surface area contributed by atoms with Gasteiger partial charge in [-0.05, 0) is 36.4 Å². The second-order valence-electron chi connectivity index (χ2n) is 5.70. The predicted octanol–water partition coefficient (Wildman–Crippen LogP) is 2.77.